The lowest BCUT2D eigenvalue weighted by molar-refractivity contribution is -0.203. The topological polar surface area (TPSA) is 18.5 Å². The van der Waals surface area contributed by atoms with Gasteiger partial charge in [-0.2, -0.15) is 0 Å². The van der Waals surface area contributed by atoms with Crippen LogP contribution < -0.4 is 0 Å². The van der Waals surface area contributed by atoms with Crippen molar-refractivity contribution >= 4 is 0 Å². The van der Waals surface area contributed by atoms with E-state index in [1.165, 1.54) is 0 Å². The minimum atomic E-state index is -0.212. The summed E-state index contributed by atoms with van der Waals surface area (Å²) in [4.78, 5) is 0. The number of rotatable bonds is 2. The third-order valence-electron chi connectivity index (χ3n) is 2.89. The summed E-state index contributed by atoms with van der Waals surface area (Å²) >= 11 is 0. The molecule has 1 heterocycles. The lowest BCUT2D eigenvalue weighted by Gasteiger charge is -2.46. The molecule has 1 saturated heterocycles. The third-order valence-corrected chi connectivity index (χ3v) is 2.89. The van der Waals surface area contributed by atoms with E-state index < -0.39 is 0 Å². The molecule has 0 saturated carbocycles. The molecule has 0 amide bonds. The van der Waals surface area contributed by atoms with E-state index in [1.807, 2.05) is 6.08 Å². The highest BCUT2D eigenvalue weighted by molar-refractivity contribution is 5.01. The molecule has 2 heteroatoms. The van der Waals surface area contributed by atoms with Crippen LogP contribution in [0.1, 0.15) is 33.6 Å². The van der Waals surface area contributed by atoms with E-state index in [4.69, 9.17) is 9.47 Å². The van der Waals surface area contributed by atoms with Gasteiger partial charge in [0.05, 0.1) is 17.3 Å². The van der Waals surface area contributed by atoms with Crippen LogP contribution in [0.25, 0.3) is 0 Å². The lowest BCUT2D eigenvalue weighted by Crippen LogP contribution is -2.51. The molecular formula is C11H20O2. The molecule has 0 N–H and O–H groups in total. The van der Waals surface area contributed by atoms with Crippen molar-refractivity contribution in [3.05, 3.63) is 12.7 Å². The summed E-state index contributed by atoms with van der Waals surface area (Å²) in [5.74, 6) is 0. The van der Waals surface area contributed by atoms with Gasteiger partial charge < -0.3 is 9.47 Å². The quantitative estimate of drug-likeness (QED) is 0.614. The Morgan fingerprint density at radius 3 is 2.46 bits per heavy atom. The van der Waals surface area contributed by atoms with Crippen LogP contribution in [-0.4, -0.2) is 24.4 Å². The van der Waals surface area contributed by atoms with Crippen molar-refractivity contribution in [3.63, 3.8) is 0 Å². The Hall–Kier alpha value is -0.340. The van der Waals surface area contributed by atoms with Gasteiger partial charge in [0.25, 0.3) is 0 Å². The van der Waals surface area contributed by atoms with Crippen molar-refractivity contribution in [2.75, 3.05) is 7.11 Å². The van der Waals surface area contributed by atoms with Crippen LogP contribution in [0.15, 0.2) is 12.7 Å². The van der Waals surface area contributed by atoms with Gasteiger partial charge in [0.2, 0.25) is 0 Å². The first kappa shape index (κ1) is 10.7. The maximum Gasteiger partial charge on any atom is 0.0898 e. The van der Waals surface area contributed by atoms with Gasteiger partial charge in [-0.15, -0.1) is 6.58 Å². The minimum Gasteiger partial charge on any atom is -0.378 e. The van der Waals surface area contributed by atoms with Crippen LogP contribution in [0.2, 0.25) is 0 Å². The van der Waals surface area contributed by atoms with E-state index in [1.54, 1.807) is 7.11 Å². The molecule has 0 aromatic heterocycles. The summed E-state index contributed by atoms with van der Waals surface area (Å²) in [7, 11) is 1.74. The van der Waals surface area contributed by atoms with E-state index in [0.29, 0.717) is 0 Å². The molecule has 0 aromatic carbocycles. The van der Waals surface area contributed by atoms with Crippen LogP contribution in [0, 0.1) is 0 Å². The van der Waals surface area contributed by atoms with E-state index >= 15 is 0 Å². The Morgan fingerprint density at radius 1 is 1.46 bits per heavy atom. The van der Waals surface area contributed by atoms with E-state index in [2.05, 4.69) is 27.4 Å². The molecular weight excluding hydrogens is 164 g/mol. The van der Waals surface area contributed by atoms with Crippen molar-refractivity contribution in [1.82, 2.24) is 0 Å². The first-order valence-corrected chi connectivity index (χ1v) is 4.80. The van der Waals surface area contributed by atoms with Gasteiger partial charge in [0, 0.05) is 7.11 Å². The highest BCUT2D eigenvalue weighted by Gasteiger charge is 2.42. The predicted molar refractivity (Wildman–Crippen MR) is 53.8 cm³/mol. The van der Waals surface area contributed by atoms with Crippen LogP contribution in [0.5, 0.6) is 0 Å². The standard InChI is InChI=1S/C11H20O2/c1-6-11(4)8-7-9(12-5)10(2,3)13-11/h6,9H,1,7-8H2,2-5H3. The fourth-order valence-corrected chi connectivity index (χ4v) is 2.03. The highest BCUT2D eigenvalue weighted by Crippen LogP contribution is 2.37. The molecule has 2 nitrogen and oxygen atoms in total. The smallest absolute Gasteiger partial charge is 0.0898 e. The normalized spacial score (nSPS) is 38.6. The zero-order valence-electron chi connectivity index (χ0n) is 9.09. The van der Waals surface area contributed by atoms with Crippen molar-refractivity contribution in [2.45, 2.75) is 50.9 Å². The Balaban J connectivity index is 2.75. The van der Waals surface area contributed by atoms with Gasteiger partial charge in [0.1, 0.15) is 0 Å². The van der Waals surface area contributed by atoms with E-state index in [-0.39, 0.29) is 17.3 Å². The maximum absolute atomic E-state index is 5.97. The summed E-state index contributed by atoms with van der Waals surface area (Å²) in [6, 6.07) is 0. The van der Waals surface area contributed by atoms with Crippen LogP contribution in [0.3, 0.4) is 0 Å². The van der Waals surface area contributed by atoms with Gasteiger partial charge in [-0.1, -0.05) is 6.08 Å². The third kappa shape index (κ3) is 2.12. The molecule has 1 aliphatic rings. The van der Waals surface area contributed by atoms with Gasteiger partial charge in [-0.3, -0.25) is 0 Å². The summed E-state index contributed by atoms with van der Waals surface area (Å²) in [5.41, 5.74) is -0.394. The summed E-state index contributed by atoms with van der Waals surface area (Å²) < 4.78 is 11.4. The van der Waals surface area contributed by atoms with E-state index in [0.717, 1.165) is 12.8 Å². The Labute approximate surface area is 80.9 Å². The molecule has 0 aliphatic carbocycles. The molecule has 2 atom stereocenters. The maximum atomic E-state index is 5.97. The molecule has 1 aliphatic heterocycles. The number of hydrogen-bond donors (Lipinski definition) is 0. The molecule has 0 aromatic rings. The van der Waals surface area contributed by atoms with Crippen molar-refractivity contribution < 1.29 is 9.47 Å². The molecule has 76 valence electrons. The average Bonchev–Trinajstić information content (AvgIpc) is 2.03. The second-order valence-electron chi connectivity index (χ2n) is 4.49. The fourth-order valence-electron chi connectivity index (χ4n) is 2.03. The zero-order chi connectivity index (χ0) is 10.1. The van der Waals surface area contributed by atoms with Gasteiger partial charge in [-0.25, -0.2) is 0 Å². The van der Waals surface area contributed by atoms with Gasteiger partial charge in [-0.05, 0) is 33.6 Å². The Morgan fingerprint density at radius 2 is 2.08 bits per heavy atom. The van der Waals surface area contributed by atoms with Gasteiger partial charge in [0.15, 0.2) is 0 Å². The largest absolute Gasteiger partial charge is 0.378 e. The summed E-state index contributed by atoms with van der Waals surface area (Å²) in [6.45, 7) is 10.0. The Kier molecular flexibility index (Phi) is 2.83. The first-order chi connectivity index (χ1) is 5.93. The monoisotopic (exact) mass is 184 g/mol. The van der Waals surface area contributed by atoms with Crippen molar-refractivity contribution in [3.8, 4) is 0 Å². The molecule has 0 spiro atoms. The van der Waals surface area contributed by atoms with Crippen LogP contribution >= 0.6 is 0 Å². The minimum absolute atomic E-state index is 0.182. The molecule has 13 heavy (non-hydrogen) atoms. The van der Waals surface area contributed by atoms with E-state index in [9.17, 15) is 0 Å². The second-order valence-corrected chi connectivity index (χ2v) is 4.49. The SMILES string of the molecule is C=CC1(C)CCC(OC)C(C)(C)O1. The first-order valence-electron chi connectivity index (χ1n) is 4.80. The molecule has 0 radical (unpaired) electrons. The number of hydrogen-bond acceptors (Lipinski definition) is 2. The molecule has 1 fully saturated rings. The predicted octanol–water partition coefficient (Wildman–Crippen LogP) is 2.54. The number of ether oxygens (including phenoxy) is 2. The van der Waals surface area contributed by atoms with Crippen molar-refractivity contribution in [2.24, 2.45) is 0 Å². The van der Waals surface area contributed by atoms with Gasteiger partial charge >= 0.3 is 0 Å². The molecule has 0 bridgehead atoms. The Bertz CT molecular complexity index is 198. The lowest BCUT2D eigenvalue weighted by atomic mass is 9.85. The molecule has 1 rings (SSSR count). The molecule has 2 unspecified atom stereocenters. The summed E-state index contributed by atoms with van der Waals surface area (Å²) in [6.07, 6.45) is 4.10. The van der Waals surface area contributed by atoms with Crippen LogP contribution in [0.4, 0.5) is 0 Å². The highest BCUT2D eigenvalue weighted by atomic mass is 16.6. The average molecular weight is 184 g/mol. The van der Waals surface area contributed by atoms with Crippen molar-refractivity contribution in [1.29, 1.82) is 0 Å². The fraction of sp³-hybridized carbons (Fsp3) is 0.818. The number of methoxy groups -OCH3 is 1. The summed E-state index contributed by atoms with van der Waals surface area (Å²) in [5, 5.41) is 0. The second kappa shape index (κ2) is 3.43. The zero-order valence-corrected chi connectivity index (χ0v) is 9.09. The van der Waals surface area contributed by atoms with Crippen LogP contribution in [-0.2, 0) is 9.47 Å².